The second-order valence-corrected chi connectivity index (χ2v) is 9.94. The highest BCUT2D eigenvalue weighted by molar-refractivity contribution is 7.92. The summed E-state index contributed by atoms with van der Waals surface area (Å²) in [6, 6.07) is 10.9. The lowest BCUT2D eigenvalue weighted by Gasteiger charge is -2.12. The molecule has 0 unspecified atom stereocenters. The van der Waals surface area contributed by atoms with Crippen molar-refractivity contribution in [2.24, 2.45) is 0 Å². The topological polar surface area (TPSA) is 105 Å². The highest BCUT2D eigenvalue weighted by atomic mass is 32.2. The maximum atomic E-state index is 12.7. The van der Waals surface area contributed by atoms with Crippen molar-refractivity contribution in [1.82, 2.24) is 5.48 Å². The zero-order valence-corrected chi connectivity index (χ0v) is 20.4. The van der Waals surface area contributed by atoms with Gasteiger partial charge in [-0.05, 0) is 43.2 Å². The predicted octanol–water partition coefficient (Wildman–Crippen LogP) is 5.66. The largest absolute Gasteiger partial charge is 0.478 e. The fourth-order valence-electron chi connectivity index (χ4n) is 3.42. The molecule has 182 valence electrons. The molecule has 2 rings (SSSR count). The van der Waals surface area contributed by atoms with E-state index in [1.807, 2.05) is 6.92 Å². The summed E-state index contributed by atoms with van der Waals surface area (Å²) >= 11 is 0. The van der Waals surface area contributed by atoms with E-state index < -0.39 is 16.0 Å². The predicted molar refractivity (Wildman–Crippen MR) is 131 cm³/mol. The van der Waals surface area contributed by atoms with Crippen LogP contribution in [0, 0.1) is 6.92 Å². The molecule has 2 aromatic carbocycles. The minimum absolute atomic E-state index is 0.0321. The first-order chi connectivity index (χ1) is 15.8. The van der Waals surface area contributed by atoms with Gasteiger partial charge in [-0.15, -0.1) is 0 Å². The van der Waals surface area contributed by atoms with Gasteiger partial charge in [0, 0.05) is 12.2 Å². The lowest BCUT2D eigenvalue weighted by molar-refractivity contribution is 0.0263. The van der Waals surface area contributed by atoms with Gasteiger partial charge in [-0.2, -0.15) is 0 Å². The third-order valence-electron chi connectivity index (χ3n) is 5.39. The molecule has 0 aliphatic heterocycles. The van der Waals surface area contributed by atoms with Crippen molar-refractivity contribution in [3.63, 3.8) is 0 Å². The summed E-state index contributed by atoms with van der Waals surface area (Å²) in [5.74, 6) is -1.20. The lowest BCUT2D eigenvalue weighted by Crippen LogP contribution is -2.18. The number of aromatic carboxylic acids is 1. The number of hydrogen-bond acceptors (Lipinski definition) is 5. The number of rotatable bonds is 16. The van der Waals surface area contributed by atoms with Gasteiger partial charge in [0.05, 0.1) is 17.1 Å². The highest BCUT2D eigenvalue weighted by Gasteiger charge is 2.19. The summed E-state index contributed by atoms with van der Waals surface area (Å²) in [4.78, 5) is 17.0. The van der Waals surface area contributed by atoms with E-state index in [2.05, 4.69) is 17.1 Å². The lowest BCUT2D eigenvalue weighted by atomic mass is 10.1. The average molecular weight is 477 g/mol. The van der Waals surface area contributed by atoms with E-state index in [0.717, 1.165) is 24.5 Å². The van der Waals surface area contributed by atoms with Crippen LogP contribution in [0.3, 0.4) is 0 Å². The molecule has 0 aromatic heterocycles. The van der Waals surface area contributed by atoms with Crippen molar-refractivity contribution in [2.75, 3.05) is 11.3 Å². The van der Waals surface area contributed by atoms with Crippen LogP contribution in [0.2, 0.25) is 0 Å². The normalized spacial score (nSPS) is 11.5. The van der Waals surface area contributed by atoms with Crippen LogP contribution in [0.5, 0.6) is 0 Å². The van der Waals surface area contributed by atoms with E-state index >= 15 is 0 Å². The van der Waals surface area contributed by atoms with Crippen LogP contribution >= 0.6 is 0 Å². The van der Waals surface area contributed by atoms with Gasteiger partial charge < -0.3 is 5.11 Å². The van der Waals surface area contributed by atoms with Crippen LogP contribution < -0.4 is 10.2 Å². The Morgan fingerprint density at radius 2 is 1.58 bits per heavy atom. The number of benzene rings is 2. The molecule has 0 bridgehead atoms. The molecule has 0 radical (unpaired) electrons. The van der Waals surface area contributed by atoms with Crippen LogP contribution in [0.15, 0.2) is 47.4 Å². The van der Waals surface area contributed by atoms with Gasteiger partial charge in [0.25, 0.3) is 10.0 Å². The van der Waals surface area contributed by atoms with E-state index in [0.29, 0.717) is 17.8 Å². The quantitative estimate of drug-likeness (QED) is 0.213. The van der Waals surface area contributed by atoms with E-state index in [1.54, 1.807) is 24.3 Å². The number of carboxylic acid groups (broad SMARTS) is 1. The molecular formula is C25H36N2O5S. The van der Waals surface area contributed by atoms with Crippen molar-refractivity contribution < 1.29 is 23.2 Å². The number of hydrogen-bond donors (Lipinski definition) is 3. The third kappa shape index (κ3) is 9.53. The SMILES string of the molecule is CCCCCCCCCCNOCc1ccc(S(=O)(=O)Nc2ccc(C)cc2)cc1C(=O)O. The van der Waals surface area contributed by atoms with Crippen LogP contribution in [0.4, 0.5) is 5.69 Å². The molecule has 3 N–H and O–H groups in total. The Hall–Kier alpha value is -2.42. The second kappa shape index (κ2) is 14.0. The van der Waals surface area contributed by atoms with Gasteiger partial charge in [-0.25, -0.2) is 18.7 Å². The highest BCUT2D eigenvalue weighted by Crippen LogP contribution is 2.21. The number of unbranched alkanes of at least 4 members (excludes halogenated alkanes) is 7. The van der Waals surface area contributed by atoms with E-state index in [1.165, 1.54) is 50.7 Å². The smallest absolute Gasteiger partial charge is 0.336 e. The molecule has 0 aliphatic carbocycles. The van der Waals surface area contributed by atoms with Crippen LogP contribution in [0.25, 0.3) is 0 Å². The van der Waals surface area contributed by atoms with Crippen molar-refractivity contribution in [3.05, 3.63) is 59.2 Å². The molecule has 0 fully saturated rings. The Labute approximate surface area is 197 Å². The third-order valence-corrected chi connectivity index (χ3v) is 6.77. The maximum absolute atomic E-state index is 12.7. The van der Waals surface area contributed by atoms with E-state index in [-0.39, 0.29) is 17.1 Å². The molecule has 0 saturated heterocycles. The zero-order valence-electron chi connectivity index (χ0n) is 19.6. The molecule has 33 heavy (non-hydrogen) atoms. The van der Waals surface area contributed by atoms with Gasteiger partial charge in [-0.3, -0.25) is 9.56 Å². The molecular weight excluding hydrogens is 440 g/mol. The molecule has 0 amide bonds. The molecule has 0 aliphatic rings. The monoisotopic (exact) mass is 476 g/mol. The first kappa shape index (κ1) is 26.8. The summed E-state index contributed by atoms with van der Waals surface area (Å²) in [6.07, 6.45) is 9.76. The summed E-state index contributed by atoms with van der Waals surface area (Å²) in [6.45, 7) is 4.84. The van der Waals surface area contributed by atoms with Crippen molar-refractivity contribution >= 4 is 21.7 Å². The van der Waals surface area contributed by atoms with Gasteiger partial charge in [-0.1, -0.05) is 75.6 Å². The number of aryl methyl sites for hydroxylation is 1. The fraction of sp³-hybridized carbons (Fsp3) is 0.480. The molecule has 7 nitrogen and oxygen atoms in total. The molecule has 0 saturated carbocycles. The molecule has 0 spiro atoms. The van der Waals surface area contributed by atoms with Crippen molar-refractivity contribution in [3.8, 4) is 0 Å². The first-order valence-corrected chi connectivity index (χ1v) is 13.1. The minimum atomic E-state index is -3.91. The summed E-state index contributed by atoms with van der Waals surface area (Å²) in [5.41, 5.74) is 4.59. The number of hydroxylamine groups is 1. The number of carboxylic acids is 1. The number of anilines is 1. The number of carbonyl (C=O) groups is 1. The molecule has 0 heterocycles. The summed E-state index contributed by atoms with van der Waals surface area (Å²) in [5, 5.41) is 9.56. The fourth-order valence-corrected chi connectivity index (χ4v) is 4.50. The Balaban J connectivity index is 1.84. The number of sulfonamides is 1. The Morgan fingerprint density at radius 1 is 0.939 bits per heavy atom. The minimum Gasteiger partial charge on any atom is -0.478 e. The second-order valence-electron chi connectivity index (χ2n) is 8.25. The molecule has 0 atom stereocenters. The van der Waals surface area contributed by atoms with Gasteiger partial charge in [0.15, 0.2) is 0 Å². The first-order valence-electron chi connectivity index (χ1n) is 11.6. The maximum Gasteiger partial charge on any atom is 0.336 e. The Kier molecular flexibility index (Phi) is 11.4. The van der Waals surface area contributed by atoms with Crippen molar-refractivity contribution in [1.29, 1.82) is 0 Å². The summed E-state index contributed by atoms with van der Waals surface area (Å²) in [7, 11) is -3.91. The van der Waals surface area contributed by atoms with E-state index in [4.69, 9.17) is 4.84 Å². The molecule has 2 aromatic rings. The zero-order chi connectivity index (χ0) is 24.1. The Bertz CT molecular complexity index is 975. The average Bonchev–Trinajstić information content (AvgIpc) is 2.78. The van der Waals surface area contributed by atoms with Gasteiger partial charge >= 0.3 is 5.97 Å². The van der Waals surface area contributed by atoms with Gasteiger partial charge in [0.1, 0.15) is 0 Å². The van der Waals surface area contributed by atoms with Gasteiger partial charge in [0.2, 0.25) is 0 Å². The van der Waals surface area contributed by atoms with Crippen LogP contribution in [-0.2, 0) is 21.5 Å². The van der Waals surface area contributed by atoms with E-state index in [9.17, 15) is 18.3 Å². The number of nitrogens with one attached hydrogen (secondary N) is 2. The molecule has 8 heteroatoms. The Morgan fingerprint density at radius 3 is 2.21 bits per heavy atom. The van der Waals surface area contributed by atoms with Crippen LogP contribution in [0.1, 0.15) is 79.8 Å². The van der Waals surface area contributed by atoms with Crippen molar-refractivity contribution in [2.45, 2.75) is 76.7 Å². The summed E-state index contributed by atoms with van der Waals surface area (Å²) < 4.78 is 27.8. The standard InChI is InChI=1S/C25H36N2O5S/c1-3-4-5-6-7-8-9-10-17-26-32-19-21-13-16-23(18-24(21)25(28)29)33(30,31)27-22-14-11-20(2)12-15-22/h11-16,18,26-27H,3-10,17,19H2,1-2H3,(H,28,29). The van der Waals surface area contributed by atoms with Crippen LogP contribution in [-0.4, -0.2) is 26.0 Å².